The number of nitrogens with zero attached hydrogens (tertiary/aromatic N) is 4. The van der Waals surface area contributed by atoms with E-state index < -0.39 is 29.1 Å². The predicted molar refractivity (Wildman–Crippen MR) is 87.5 cm³/mol. The van der Waals surface area contributed by atoms with E-state index in [0.29, 0.717) is 4.68 Å². The first-order valence-electron chi connectivity index (χ1n) is 6.99. The highest BCUT2D eigenvalue weighted by Crippen LogP contribution is 2.25. The van der Waals surface area contributed by atoms with Crippen molar-refractivity contribution < 1.29 is 13.6 Å². The van der Waals surface area contributed by atoms with E-state index in [-0.39, 0.29) is 28.5 Å². The van der Waals surface area contributed by atoms with Crippen LogP contribution in [0.2, 0.25) is 5.02 Å². The van der Waals surface area contributed by atoms with E-state index in [2.05, 4.69) is 10.3 Å². The third-order valence-electron chi connectivity index (χ3n) is 3.44. The van der Waals surface area contributed by atoms with Gasteiger partial charge in [0, 0.05) is 10.2 Å². The molecule has 1 heterocycles. The van der Waals surface area contributed by atoms with E-state index in [1.54, 1.807) is 0 Å². The number of hydrogen-bond donors (Lipinski definition) is 0. The maximum atomic E-state index is 14.2. The Labute approximate surface area is 150 Å². The Hall–Kier alpha value is -2.13. The monoisotopic (exact) mass is 392 g/mol. The van der Waals surface area contributed by atoms with Gasteiger partial charge in [-0.3, -0.25) is 4.79 Å². The molecule has 0 saturated carbocycles. The summed E-state index contributed by atoms with van der Waals surface area (Å²) in [4.78, 5) is 33.7. The number of alkyl halides is 2. The molecule has 0 bridgehead atoms. The number of nitroso groups, excluding NO2 is 1. The maximum absolute atomic E-state index is 14.2. The van der Waals surface area contributed by atoms with Gasteiger partial charge in [0.15, 0.2) is 12.1 Å². The Morgan fingerprint density at radius 1 is 1.44 bits per heavy atom. The molecule has 0 fully saturated rings. The van der Waals surface area contributed by atoms with Gasteiger partial charge in [0.2, 0.25) is 0 Å². The van der Waals surface area contributed by atoms with E-state index in [1.165, 1.54) is 6.92 Å². The lowest BCUT2D eigenvalue weighted by atomic mass is 10.1. The Morgan fingerprint density at radius 3 is 2.60 bits per heavy atom. The van der Waals surface area contributed by atoms with Gasteiger partial charge in [0.1, 0.15) is 16.9 Å². The van der Waals surface area contributed by atoms with E-state index in [4.69, 9.17) is 23.2 Å². The van der Waals surface area contributed by atoms with Gasteiger partial charge in [-0.15, -0.1) is 16.5 Å². The predicted octanol–water partition coefficient (Wildman–Crippen LogP) is 3.07. The van der Waals surface area contributed by atoms with Crippen LogP contribution in [0.4, 0.5) is 8.78 Å². The lowest BCUT2D eigenvalue weighted by molar-refractivity contribution is -0.117. The van der Waals surface area contributed by atoms with Crippen LogP contribution >= 0.6 is 23.2 Å². The third kappa shape index (κ3) is 3.77. The fraction of sp³-hybridized carbons (Fsp3) is 0.357. The van der Waals surface area contributed by atoms with Gasteiger partial charge in [-0.2, -0.15) is 9.78 Å². The fourth-order valence-corrected chi connectivity index (χ4v) is 2.71. The molecule has 1 amide bonds. The minimum absolute atomic E-state index is 0.0476. The SMILES string of the molecule is Cc1nn(-c2cc(CC(Cl)C(=O)N=O)c(Cl)cc2F)c(=O)n1C(C)F. The van der Waals surface area contributed by atoms with Crippen LogP contribution in [0.15, 0.2) is 22.1 Å². The van der Waals surface area contributed by atoms with Crippen molar-refractivity contribution in [3.05, 3.63) is 49.8 Å². The van der Waals surface area contributed by atoms with E-state index in [0.717, 1.165) is 23.6 Å². The zero-order valence-corrected chi connectivity index (χ0v) is 14.6. The number of halogens is 4. The standard InChI is InChI=1S/C14H12Cl2F2N4O3/c1-6(17)21-7(2)19-22(14(21)24)12-4-8(9(15)5-11(12)18)3-10(16)13(23)20-25/h4-6,10H,3H2,1-2H3. The zero-order valence-electron chi connectivity index (χ0n) is 13.0. The van der Waals surface area contributed by atoms with Crippen molar-refractivity contribution >= 4 is 29.1 Å². The van der Waals surface area contributed by atoms with Crippen LogP contribution in [0.3, 0.4) is 0 Å². The third-order valence-corrected chi connectivity index (χ3v) is 4.13. The van der Waals surface area contributed by atoms with Crippen molar-refractivity contribution in [1.82, 2.24) is 14.3 Å². The molecule has 0 radical (unpaired) electrons. The Bertz CT molecular complexity index is 895. The van der Waals surface area contributed by atoms with Crippen molar-refractivity contribution in [3.63, 3.8) is 0 Å². The molecule has 25 heavy (non-hydrogen) atoms. The van der Waals surface area contributed by atoms with Crippen LogP contribution in [0.25, 0.3) is 5.69 Å². The van der Waals surface area contributed by atoms with Gasteiger partial charge >= 0.3 is 11.6 Å². The maximum Gasteiger partial charge on any atom is 0.353 e. The van der Waals surface area contributed by atoms with Crippen molar-refractivity contribution in [2.45, 2.75) is 31.9 Å². The Balaban J connectivity index is 2.55. The largest absolute Gasteiger partial charge is 0.353 e. The summed E-state index contributed by atoms with van der Waals surface area (Å²) in [5, 5.41) is 4.69. The molecule has 0 saturated heterocycles. The first-order valence-corrected chi connectivity index (χ1v) is 7.80. The second-order valence-corrected chi connectivity index (χ2v) is 6.12. The van der Waals surface area contributed by atoms with E-state index in [1.807, 2.05) is 0 Å². The number of benzene rings is 1. The van der Waals surface area contributed by atoms with Crippen molar-refractivity contribution in [3.8, 4) is 5.69 Å². The first-order chi connectivity index (χ1) is 11.7. The van der Waals surface area contributed by atoms with Gasteiger partial charge in [-0.25, -0.2) is 18.1 Å². The number of aromatic nitrogens is 3. The minimum Gasteiger partial charge on any atom is -0.267 e. The van der Waals surface area contributed by atoms with Gasteiger partial charge in [0.25, 0.3) is 0 Å². The number of hydrogen-bond acceptors (Lipinski definition) is 4. The van der Waals surface area contributed by atoms with Crippen LogP contribution in [-0.2, 0) is 11.2 Å². The minimum atomic E-state index is -1.65. The molecule has 7 nitrogen and oxygen atoms in total. The summed E-state index contributed by atoms with van der Waals surface area (Å²) in [6, 6.07) is 2.07. The average molecular weight is 393 g/mol. The van der Waals surface area contributed by atoms with E-state index >= 15 is 0 Å². The summed E-state index contributed by atoms with van der Waals surface area (Å²) >= 11 is 11.7. The van der Waals surface area contributed by atoms with Crippen LogP contribution in [0, 0.1) is 17.6 Å². The second-order valence-electron chi connectivity index (χ2n) is 5.18. The van der Waals surface area contributed by atoms with Crippen molar-refractivity contribution in [2.24, 2.45) is 5.18 Å². The van der Waals surface area contributed by atoms with Crippen LogP contribution in [-0.4, -0.2) is 25.6 Å². The molecule has 0 aliphatic heterocycles. The molecular weight excluding hydrogens is 381 g/mol. The molecule has 2 rings (SSSR count). The highest BCUT2D eigenvalue weighted by Gasteiger charge is 2.22. The molecule has 0 aliphatic rings. The van der Waals surface area contributed by atoms with Crippen LogP contribution < -0.4 is 5.69 Å². The summed E-state index contributed by atoms with van der Waals surface area (Å²) in [5.74, 6) is -1.93. The highest BCUT2D eigenvalue weighted by atomic mass is 35.5. The van der Waals surface area contributed by atoms with Crippen LogP contribution in [0.1, 0.15) is 24.6 Å². The van der Waals surface area contributed by atoms with Gasteiger partial charge in [-0.1, -0.05) is 11.6 Å². The number of carbonyl (C=O) groups is 1. The molecule has 11 heteroatoms. The quantitative estimate of drug-likeness (QED) is 0.577. The second kappa shape index (κ2) is 7.40. The molecule has 2 aromatic rings. The molecule has 1 aromatic heterocycles. The zero-order chi connectivity index (χ0) is 18.9. The molecule has 1 aromatic carbocycles. The molecule has 2 unspecified atom stereocenters. The average Bonchev–Trinajstić information content (AvgIpc) is 2.83. The summed E-state index contributed by atoms with van der Waals surface area (Å²) in [6.07, 6.45) is -1.87. The lowest BCUT2D eigenvalue weighted by Crippen LogP contribution is -2.26. The summed E-state index contributed by atoms with van der Waals surface area (Å²) in [7, 11) is 0. The number of amides is 1. The van der Waals surface area contributed by atoms with Crippen molar-refractivity contribution in [1.29, 1.82) is 0 Å². The molecule has 0 spiro atoms. The molecule has 2 atom stereocenters. The molecular formula is C14H12Cl2F2N4O3. The van der Waals surface area contributed by atoms with Crippen molar-refractivity contribution in [2.75, 3.05) is 0 Å². The topological polar surface area (TPSA) is 86.3 Å². The van der Waals surface area contributed by atoms with Gasteiger partial charge in [-0.05, 0) is 38.0 Å². The van der Waals surface area contributed by atoms with Gasteiger partial charge < -0.3 is 0 Å². The fourth-order valence-electron chi connectivity index (χ4n) is 2.28. The number of rotatable bonds is 5. The summed E-state index contributed by atoms with van der Waals surface area (Å²) < 4.78 is 29.2. The first kappa shape index (κ1) is 19.2. The normalized spacial score (nSPS) is 13.5. The Kier molecular flexibility index (Phi) is 5.69. The van der Waals surface area contributed by atoms with E-state index in [9.17, 15) is 23.3 Å². The molecule has 134 valence electrons. The van der Waals surface area contributed by atoms with Crippen LogP contribution in [0.5, 0.6) is 0 Å². The smallest absolute Gasteiger partial charge is 0.267 e. The highest BCUT2D eigenvalue weighted by molar-refractivity contribution is 6.32. The molecule has 0 N–H and O–H groups in total. The van der Waals surface area contributed by atoms with Gasteiger partial charge in [0.05, 0.1) is 0 Å². The summed E-state index contributed by atoms with van der Waals surface area (Å²) in [5.41, 5.74) is -0.975. The lowest BCUT2D eigenvalue weighted by Gasteiger charge is -2.10. The molecule has 0 aliphatic carbocycles. The number of carbonyl (C=O) groups excluding carboxylic acids is 1. The summed E-state index contributed by atoms with van der Waals surface area (Å²) in [6.45, 7) is 2.53. The number of aryl methyl sites for hydroxylation is 1. The Morgan fingerprint density at radius 2 is 2.08 bits per heavy atom.